The zero-order chi connectivity index (χ0) is 20.2. The number of hydrogen-bond donors (Lipinski definition) is 1. The summed E-state index contributed by atoms with van der Waals surface area (Å²) in [5.74, 6) is 0.865. The summed E-state index contributed by atoms with van der Waals surface area (Å²) in [6.07, 6.45) is 4.28. The van der Waals surface area contributed by atoms with Gasteiger partial charge in [-0.1, -0.05) is 18.6 Å². The van der Waals surface area contributed by atoms with Crippen LogP contribution >= 0.6 is 0 Å². The molecule has 150 valence electrons. The summed E-state index contributed by atoms with van der Waals surface area (Å²) in [4.78, 5) is 13.4. The van der Waals surface area contributed by atoms with Crippen LogP contribution in [-0.4, -0.2) is 18.0 Å². The number of fused-ring (bicyclic) bond motifs is 4. The highest BCUT2D eigenvalue weighted by Crippen LogP contribution is 2.45. The van der Waals surface area contributed by atoms with Crippen molar-refractivity contribution < 1.29 is 19.0 Å². The van der Waals surface area contributed by atoms with E-state index in [1.807, 2.05) is 31.2 Å². The van der Waals surface area contributed by atoms with Crippen LogP contribution in [0.4, 0.5) is 0 Å². The van der Waals surface area contributed by atoms with E-state index in [2.05, 4.69) is 0 Å². The van der Waals surface area contributed by atoms with E-state index in [4.69, 9.17) is 13.9 Å². The molecule has 0 radical (unpaired) electrons. The second-order valence-electron chi connectivity index (χ2n) is 8.10. The smallest absolute Gasteiger partial charge is 0.211 e. The fourth-order valence-electron chi connectivity index (χ4n) is 4.82. The molecule has 2 aromatic carbocycles. The van der Waals surface area contributed by atoms with Crippen LogP contribution in [0.3, 0.4) is 0 Å². The van der Waals surface area contributed by atoms with Crippen molar-refractivity contribution in [3.63, 3.8) is 0 Å². The second-order valence-corrected chi connectivity index (χ2v) is 8.10. The van der Waals surface area contributed by atoms with Gasteiger partial charge in [0, 0.05) is 17.9 Å². The van der Waals surface area contributed by atoms with E-state index in [1.54, 1.807) is 19.2 Å². The normalized spacial score (nSPS) is 23.2. The molecule has 1 fully saturated rings. The maximum absolute atomic E-state index is 13.4. The molecule has 29 heavy (non-hydrogen) atoms. The predicted molar refractivity (Wildman–Crippen MR) is 110 cm³/mol. The van der Waals surface area contributed by atoms with Crippen molar-refractivity contribution in [2.45, 2.75) is 44.8 Å². The van der Waals surface area contributed by atoms with Crippen molar-refractivity contribution >= 4 is 11.0 Å². The first-order valence-corrected chi connectivity index (χ1v) is 10.2. The lowest BCUT2D eigenvalue weighted by atomic mass is 9.77. The lowest BCUT2D eigenvalue weighted by Crippen LogP contribution is -2.49. The molecule has 2 heterocycles. The third kappa shape index (κ3) is 2.84. The molecule has 2 aliphatic rings. The van der Waals surface area contributed by atoms with Gasteiger partial charge in [0.2, 0.25) is 11.2 Å². The average molecular weight is 392 g/mol. The van der Waals surface area contributed by atoms with Gasteiger partial charge < -0.3 is 19.0 Å². The zero-order valence-corrected chi connectivity index (χ0v) is 16.7. The average Bonchev–Trinajstić information content (AvgIpc) is 2.72. The number of methoxy groups -OCH3 is 1. The Bertz CT molecular complexity index is 1140. The SMILES string of the molecule is COc1ccc(-c2c(C)oc3c4c(ccc3c2=O)OC2(O)CCCCC2C4)cc1. The van der Waals surface area contributed by atoms with Crippen molar-refractivity contribution in [1.29, 1.82) is 0 Å². The number of benzene rings is 2. The maximum atomic E-state index is 13.4. The summed E-state index contributed by atoms with van der Waals surface area (Å²) < 4.78 is 17.4. The van der Waals surface area contributed by atoms with E-state index in [-0.39, 0.29) is 11.3 Å². The van der Waals surface area contributed by atoms with Gasteiger partial charge in [-0.25, -0.2) is 0 Å². The molecule has 1 aliphatic carbocycles. The van der Waals surface area contributed by atoms with Gasteiger partial charge in [-0.15, -0.1) is 0 Å². The van der Waals surface area contributed by atoms with E-state index in [0.717, 1.165) is 36.1 Å². The van der Waals surface area contributed by atoms with Crippen molar-refractivity contribution in [2.75, 3.05) is 7.11 Å². The highest BCUT2D eigenvalue weighted by atomic mass is 16.6. The van der Waals surface area contributed by atoms with Gasteiger partial charge in [0.1, 0.15) is 22.8 Å². The summed E-state index contributed by atoms with van der Waals surface area (Å²) >= 11 is 0. The number of hydrogen-bond acceptors (Lipinski definition) is 5. The number of aliphatic hydroxyl groups is 1. The van der Waals surface area contributed by atoms with Crippen LogP contribution in [0.1, 0.15) is 37.0 Å². The fraction of sp³-hybridized carbons (Fsp3) is 0.375. The number of rotatable bonds is 2. The maximum Gasteiger partial charge on any atom is 0.211 e. The minimum absolute atomic E-state index is 0.0289. The van der Waals surface area contributed by atoms with E-state index in [1.165, 1.54) is 0 Å². The van der Waals surface area contributed by atoms with Crippen LogP contribution in [0.15, 0.2) is 45.6 Å². The Labute approximate surface area is 168 Å². The van der Waals surface area contributed by atoms with Crippen molar-refractivity contribution in [3.05, 3.63) is 57.9 Å². The monoisotopic (exact) mass is 392 g/mol. The highest BCUT2D eigenvalue weighted by molar-refractivity contribution is 5.87. The van der Waals surface area contributed by atoms with Gasteiger partial charge in [0.05, 0.1) is 18.1 Å². The molecule has 1 aliphatic heterocycles. The van der Waals surface area contributed by atoms with Gasteiger partial charge in [-0.2, -0.15) is 0 Å². The first kappa shape index (κ1) is 18.3. The molecule has 1 N–H and O–H groups in total. The Morgan fingerprint density at radius 2 is 1.93 bits per heavy atom. The molecule has 2 atom stereocenters. The van der Waals surface area contributed by atoms with E-state index < -0.39 is 5.79 Å². The molecule has 5 rings (SSSR count). The van der Waals surface area contributed by atoms with Crippen LogP contribution in [-0.2, 0) is 6.42 Å². The number of aryl methyl sites for hydroxylation is 1. The molecule has 0 saturated heterocycles. The molecular formula is C24H24O5. The van der Waals surface area contributed by atoms with E-state index >= 15 is 0 Å². The van der Waals surface area contributed by atoms with Gasteiger partial charge in [0.25, 0.3) is 0 Å². The summed E-state index contributed by atoms with van der Waals surface area (Å²) in [7, 11) is 1.61. The fourth-order valence-corrected chi connectivity index (χ4v) is 4.82. The van der Waals surface area contributed by atoms with Crippen molar-refractivity contribution in [3.8, 4) is 22.6 Å². The van der Waals surface area contributed by atoms with Gasteiger partial charge in [0.15, 0.2) is 0 Å². The van der Waals surface area contributed by atoms with E-state index in [9.17, 15) is 9.90 Å². The molecule has 0 amide bonds. The lowest BCUT2D eigenvalue weighted by Gasteiger charge is -2.43. The standard InChI is InChI=1S/C24H24O5/c1-14-21(15-6-8-17(27-2)9-7-15)22(25)18-10-11-20-19(23(18)28-14)13-16-5-3-4-12-24(16,26)29-20/h6-11,16,26H,3-5,12-13H2,1-2H3. The molecule has 3 aromatic rings. The Hall–Kier alpha value is -2.79. The van der Waals surface area contributed by atoms with E-state index in [0.29, 0.717) is 40.9 Å². The van der Waals surface area contributed by atoms with Crippen molar-refractivity contribution in [2.24, 2.45) is 5.92 Å². The van der Waals surface area contributed by atoms with Crippen LogP contribution < -0.4 is 14.9 Å². The highest BCUT2D eigenvalue weighted by Gasteiger charge is 2.45. The quantitative estimate of drug-likeness (QED) is 0.691. The third-order valence-corrected chi connectivity index (χ3v) is 6.39. The van der Waals surface area contributed by atoms with Crippen molar-refractivity contribution in [1.82, 2.24) is 0 Å². The first-order valence-electron chi connectivity index (χ1n) is 10.2. The van der Waals surface area contributed by atoms with Crippen LogP contribution in [0, 0.1) is 12.8 Å². The lowest BCUT2D eigenvalue weighted by molar-refractivity contribution is -0.203. The van der Waals surface area contributed by atoms with Crippen LogP contribution in [0.2, 0.25) is 0 Å². The molecule has 5 nitrogen and oxygen atoms in total. The summed E-state index contributed by atoms with van der Waals surface area (Å²) in [5.41, 5.74) is 2.78. The minimum atomic E-state index is -1.10. The zero-order valence-electron chi connectivity index (χ0n) is 16.7. The molecule has 2 unspecified atom stereocenters. The van der Waals surface area contributed by atoms with Gasteiger partial charge in [-0.05, 0) is 56.0 Å². The third-order valence-electron chi connectivity index (χ3n) is 6.39. The van der Waals surface area contributed by atoms with Crippen LogP contribution in [0.25, 0.3) is 22.1 Å². The minimum Gasteiger partial charge on any atom is -0.497 e. The molecule has 0 spiro atoms. The Morgan fingerprint density at radius 1 is 1.14 bits per heavy atom. The molecule has 0 bridgehead atoms. The van der Waals surface area contributed by atoms with Gasteiger partial charge >= 0.3 is 0 Å². The first-order chi connectivity index (χ1) is 14.0. The van der Waals surface area contributed by atoms with Gasteiger partial charge in [-0.3, -0.25) is 4.79 Å². The number of ether oxygens (including phenoxy) is 2. The Morgan fingerprint density at radius 3 is 2.69 bits per heavy atom. The Kier molecular flexibility index (Phi) is 4.17. The molecule has 1 saturated carbocycles. The predicted octanol–water partition coefficient (Wildman–Crippen LogP) is 4.59. The summed E-state index contributed by atoms with van der Waals surface area (Å²) in [5, 5.41) is 11.5. The molecular weight excluding hydrogens is 368 g/mol. The summed E-state index contributed by atoms with van der Waals surface area (Å²) in [6.45, 7) is 1.82. The molecule has 1 aromatic heterocycles. The Balaban J connectivity index is 1.66. The second kappa shape index (κ2) is 6.63. The summed E-state index contributed by atoms with van der Waals surface area (Å²) in [6, 6.07) is 11.0. The topological polar surface area (TPSA) is 68.9 Å². The largest absolute Gasteiger partial charge is 0.497 e. The van der Waals surface area contributed by atoms with Crippen LogP contribution in [0.5, 0.6) is 11.5 Å². The molecule has 5 heteroatoms.